The molecule has 0 amide bonds. The van der Waals surface area contributed by atoms with Crippen molar-refractivity contribution in [2.24, 2.45) is 4.99 Å². The standard InChI is InChI=1S/C21H27N3O.HI/c1-16(17-9-5-4-6-10-17)24-20(22-2)23-15-21(13-14-21)18-11-7-8-12-19(18)25-3;/h4-12,16H,13-15H2,1-3H3,(H2,22,23,24);1H. The van der Waals surface area contributed by atoms with Crippen LogP contribution in [0.15, 0.2) is 59.6 Å². The summed E-state index contributed by atoms with van der Waals surface area (Å²) in [5.74, 6) is 1.81. The maximum atomic E-state index is 5.55. The Kier molecular flexibility index (Phi) is 7.32. The van der Waals surface area contributed by atoms with E-state index in [0.717, 1.165) is 18.3 Å². The number of nitrogens with zero attached hydrogens (tertiary/aromatic N) is 1. The van der Waals surface area contributed by atoms with E-state index in [2.05, 4.69) is 58.9 Å². The molecule has 1 unspecified atom stereocenters. The molecule has 5 heteroatoms. The number of halogens is 1. The summed E-state index contributed by atoms with van der Waals surface area (Å²) in [6, 6.07) is 18.9. The lowest BCUT2D eigenvalue weighted by molar-refractivity contribution is 0.403. The first kappa shape index (κ1) is 20.6. The van der Waals surface area contributed by atoms with Gasteiger partial charge in [-0.05, 0) is 31.4 Å². The molecule has 0 radical (unpaired) electrons. The molecule has 2 aromatic rings. The maximum absolute atomic E-state index is 5.55. The van der Waals surface area contributed by atoms with Gasteiger partial charge < -0.3 is 15.4 Å². The van der Waals surface area contributed by atoms with Crippen LogP contribution in [0.2, 0.25) is 0 Å². The predicted octanol–water partition coefficient (Wildman–Crippen LogP) is 4.27. The van der Waals surface area contributed by atoms with Gasteiger partial charge in [0.15, 0.2) is 5.96 Å². The van der Waals surface area contributed by atoms with E-state index in [4.69, 9.17) is 4.74 Å². The number of hydrogen-bond donors (Lipinski definition) is 2. The van der Waals surface area contributed by atoms with Gasteiger partial charge in [0.1, 0.15) is 5.75 Å². The molecule has 2 N–H and O–H groups in total. The topological polar surface area (TPSA) is 45.7 Å². The SMILES string of the molecule is CN=C(NCC1(c2ccccc2OC)CC1)NC(C)c1ccccc1.I. The van der Waals surface area contributed by atoms with Gasteiger partial charge in [-0.25, -0.2) is 0 Å². The van der Waals surface area contributed by atoms with Crippen molar-refractivity contribution in [2.45, 2.75) is 31.2 Å². The van der Waals surface area contributed by atoms with E-state index in [-0.39, 0.29) is 35.4 Å². The molecular weight excluding hydrogens is 437 g/mol. The molecule has 0 saturated heterocycles. The average Bonchev–Trinajstić information content (AvgIpc) is 3.46. The summed E-state index contributed by atoms with van der Waals surface area (Å²) in [4.78, 5) is 4.38. The molecule has 26 heavy (non-hydrogen) atoms. The van der Waals surface area contributed by atoms with Gasteiger partial charge in [0.25, 0.3) is 0 Å². The monoisotopic (exact) mass is 465 g/mol. The molecule has 3 rings (SSSR count). The van der Waals surface area contributed by atoms with Crippen LogP contribution in [0.25, 0.3) is 0 Å². The van der Waals surface area contributed by atoms with Gasteiger partial charge in [0.2, 0.25) is 0 Å². The van der Waals surface area contributed by atoms with Crippen molar-refractivity contribution in [3.8, 4) is 5.75 Å². The first-order chi connectivity index (χ1) is 12.2. The van der Waals surface area contributed by atoms with Gasteiger partial charge in [0, 0.05) is 24.6 Å². The third-order valence-electron chi connectivity index (χ3n) is 5.00. The van der Waals surface area contributed by atoms with Crippen LogP contribution in [0, 0.1) is 0 Å². The molecule has 1 saturated carbocycles. The fourth-order valence-electron chi connectivity index (χ4n) is 3.25. The van der Waals surface area contributed by atoms with Crippen LogP contribution >= 0.6 is 24.0 Å². The Labute approximate surface area is 173 Å². The largest absolute Gasteiger partial charge is 0.496 e. The van der Waals surface area contributed by atoms with Crippen molar-refractivity contribution < 1.29 is 4.74 Å². The number of rotatable bonds is 6. The lowest BCUT2D eigenvalue weighted by atomic mass is 9.95. The second-order valence-electron chi connectivity index (χ2n) is 6.68. The number of hydrogen-bond acceptors (Lipinski definition) is 2. The van der Waals surface area contributed by atoms with Gasteiger partial charge in [0.05, 0.1) is 13.2 Å². The fourth-order valence-corrected chi connectivity index (χ4v) is 3.25. The van der Waals surface area contributed by atoms with Crippen molar-refractivity contribution in [3.05, 3.63) is 65.7 Å². The van der Waals surface area contributed by atoms with Crippen LogP contribution in [0.3, 0.4) is 0 Å². The first-order valence-corrected chi connectivity index (χ1v) is 8.84. The highest BCUT2D eigenvalue weighted by Crippen LogP contribution is 2.50. The summed E-state index contributed by atoms with van der Waals surface area (Å²) >= 11 is 0. The summed E-state index contributed by atoms with van der Waals surface area (Å²) in [6.45, 7) is 3.00. The Hall–Kier alpha value is -1.76. The second-order valence-corrected chi connectivity index (χ2v) is 6.68. The van der Waals surface area contributed by atoms with Crippen molar-refractivity contribution in [2.75, 3.05) is 20.7 Å². The summed E-state index contributed by atoms with van der Waals surface area (Å²) in [5, 5.41) is 6.98. The van der Waals surface area contributed by atoms with Crippen LogP contribution in [-0.2, 0) is 5.41 Å². The lowest BCUT2D eigenvalue weighted by Crippen LogP contribution is -2.42. The number of benzene rings is 2. The summed E-state index contributed by atoms with van der Waals surface area (Å²) in [5.41, 5.74) is 2.69. The predicted molar refractivity (Wildman–Crippen MR) is 119 cm³/mol. The zero-order valence-electron chi connectivity index (χ0n) is 15.7. The van der Waals surface area contributed by atoms with Gasteiger partial charge in [-0.2, -0.15) is 0 Å². The van der Waals surface area contributed by atoms with E-state index < -0.39 is 0 Å². The van der Waals surface area contributed by atoms with Crippen molar-refractivity contribution >= 4 is 29.9 Å². The van der Waals surface area contributed by atoms with Crippen molar-refractivity contribution in [3.63, 3.8) is 0 Å². The van der Waals surface area contributed by atoms with E-state index in [9.17, 15) is 0 Å². The molecule has 1 fully saturated rings. The molecule has 0 aliphatic heterocycles. The minimum atomic E-state index is 0. The van der Waals surface area contributed by atoms with Crippen LogP contribution in [0.4, 0.5) is 0 Å². The van der Waals surface area contributed by atoms with Crippen molar-refractivity contribution in [1.29, 1.82) is 0 Å². The van der Waals surface area contributed by atoms with E-state index in [1.165, 1.54) is 24.0 Å². The molecule has 4 nitrogen and oxygen atoms in total. The number of guanidine groups is 1. The Bertz CT molecular complexity index is 729. The van der Waals surface area contributed by atoms with Gasteiger partial charge in [-0.1, -0.05) is 48.5 Å². The zero-order valence-corrected chi connectivity index (χ0v) is 18.0. The third-order valence-corrected chi connectivity index (χ3v) is 5.00. The Morgan fingerprint density at radius 3 is 2.38 bits per heavy atom. The number of nitrogens with one attached hydrogen (secondary N) is 2. The molecular formula is C21H28IN3O. The molecule has 1 atom stereocenters. The van der Waals surface area contributed by atoms with Crippen LogP contribution in [0.1, 0.15) is 36.9 Å². The molecule has 1 aliphatic rings. The summed E-state index contributed by atoms with van der Waals surface area (Å²) in [7, 11) is 3.56. The second kappa shape index (κ2) is 9.26. The Morgan fingerprint density at radius 1 is 1.12 bits per heavy atom. The minimum absolute atomic E-state index is 0. The molecule has 0 aromatic heterocycles. The fraction of sp³-hybridized carbons (Fsp3) is 0.381. The van der Waals surface area contributed by atoms with E-state index in [1.807, 2.05) is 25.2 Å². The normalized spacial score (nSPS) is 16.2. The quantitative estimate of drug-likeness (QED) is 0.381. The highest BCUT2D eigenvalue weighted by molar-refractivity contribution is 14.0. The smallest absolute Gasteiger partial charge is 0.191 e. The molecule has 2 aromatic carbocycles. The minimum Gasteiger partial charge on any atom is -0.496 e. The van der Waals surface area contributed by atoms with Crippen LogP contribution < -0.4 is 15.4 Å². The average molecular weight is 465 g/mol. The molecule has 0 spiro atoms. The van der Waals surface area contributed by atoms with E-state index in [1.54, 1.807) is 7.11 Å². The Balaban J connectivity index is 0.00000243. The lowest BCUT2D eigenvalue weighted by Gasteiger charge is -2.23. The van der Waals surface area contributed by atoms with Gasteiger partial charge in [-0.3, -0.25) is 4.99 Å². The number of methoxy groups -OCH3 is 1. The molecule has 0 bridgehead atoms. The third kappa shape index (κ3) is 4.69. The first-order valence-electron chi connectivity index (χ1n) is 8.84. The summed E-state index contributed by atoms with van der Waals surface area (Å²) in [6.07, 6.45) is 2.34. The Morgan fingerprint density at radius 2 is 1.77 bits per heavy atom. The van der Waals surface area contributed by atoms with Gasteiger partial charge >= 0.3 is 0 Å². The number of ether oxygens (including phenoxy) is 1. The zero-order chi connectivity index (χ0) is 17.7. The van der Waals surface area contributed by atoms with E-state index in [0.29, 0.717) is 0 Å². The van der Waals surface area contributed by atoms with Crippen LogP contribution in [0.5, 0.6) is 5.75 Å². The van der Waals surface area contributed by atoms with Gasteiger partial charge in [-0.15, -0.1) is 24.0 Å². The van der Waals surface area contributed by atoms with Crippen LogP contribution in [-0.4, -0.2) is 26.7 Å². The maximum Gasteiger partial charge on any atom is 0.191 e. The molecule has 0 heterocycles. The number of aliphatic imine (C=N–C) groups is 1. The molecule has 1 aliphatic carbocycles. The number of para-hydroxylation sites is 1. The molecule has 140 valence electrons. The summed E-state index contributed by atoms with van der Waals surface area (Å²) < 4.78 is 5.55. The highest BCUT2D eigenvalue weighted by Gasteiger charge is 2.46. The highest BCUT2D eigenvalue weighted by atomic mass is 127. The van der Waals surface area contributed by atoms with E-state index >= 15 is 0 Å². The van der Waals surface area contributed by atoms with Crippen molar-refractivity contribution in [1.82, 2.24) is 10.6 Å².